The van der Waals surface area contributed by atoms with Crippen LogP contribution in [0.2, 0.25) is 0 Å². The lowest BCUT2D eigenvalue weighted by Gasteiger charge is -2.21. The summed E-state index contributed by atoms with van der Waals surface area (Å²) in [5, 5.41) is 15.9. The summed E-state index contributed by atoms with van der Waals surface area (Å²) < 4.78 is 0. The minimum Gasteiger partial charge on any atom is -0.480 e. The molecule has 21 heavy (non-hydrogen) atoms. The number of carbonyl (C=O) groups excluding carboxylic acids is 3. The molecular weight excluding hydrogens is 280 g/mol. The first kappa shape index (κ1) is 18.7. The van der Waals surface area contributed by atoms with E-state index in [4.69, 9.17) is 10.8 Å². The van der Waals surface area contributed by atoms with Gasteiger partial charge in [0.25, 0.3) is 0 Å². The zero-order valence-electron chi connectivity index (χ0n) is 12.4. The number of hydrogen-bond donors (Lipinski definition) is 5. The van der Waals surface area contributed by atoms with Crippen molar-refractivity contribution >= 4 is 23.8 Å². The van der Waals surface area contributed by atoms with Gasteiger partial charge in [-0.25, -0.2) is 9.59 Å². The number of urea groups is 1. The normalized spacial score (nSPS) is 12.1. The Labute approximate surface area is 122 Å². The number of carboxylic acid groups (broad SMARTS) is 1. The zero-order chi connectivity index (χ0) is 16.6. The molecule has 0 saturated heterocycles. The van der Waals surface area contributed by atoms with Crippen LogP contribution in [0.5, 0.6) is 0 Å². The first-order valence-corrected chi connectivity index (χ1v) is 6.38. The van der Waals surface area contributed by atoms with Gasteiger partial charge in [-0.05, 0) is 27.2 Å². The van der Waals surface area contributed by atoms with Crippen molar-refractivity contribution in [3.05, 3.63) is 0 Å². The molecule has 9 nitrogen and oxygen atoms in total. The molecule has 1 atom stereocenters. The van der Waals surface area contributed by atoms with E-state index in [1.54, 1.807) is 20.8 Å². The van der Waals surface area contributed by atoms with Crippen LogP contribution in [0.4, 0.5) is 4.79 Å². The summed E-state index contributed by atoms with van der Waals surface area (Å²) in [4.78, 5) is 44.5. The van der Waals surface area contributed by atoms with Gasteiger partial charge >= 0.3 is 12.0 Å². The number of rotatable bonds is 7. The van der Waals surface area contributed by atoms with Gasteiger partial charge in [0.2, 0.25) is 11.8 Å². The lowest BCUT2D eigenvalue weighted by atomic mass is 10.1. The number of nitrogens with one attached hydrogen (secondary N) is 3. The highest BCUT2D eigenvalue weighted by molar-refractivity contribution is 5.87. The molecule has 0 spiro atoms. The van der Waals surface area contributed by atoms with E-state index in [0.717, 1.165) is 0 Å². The molecule has 0 aliphatic heterocycles. The van der Waals surface area contributed by atoms with Gasteiger partial charge in [-0.1, -0.05) is 0 Å². The Balaban J connectivity index is 4.23. The van der Waals surface area contributed by atoms with Crippen molar-refractivity contribution in [2.24, 2.45) is 5.73 Å². The van der Waals surface area contributed by atoms with Crippen LogP contribution in [0.25, 0.3) is 0 Å². The fourth-order valence-corrected chi connectivity index (χ4v) is 1.38. The molecule has 120 valence electrons. The van der Waals surface area contributed by atoms with E-state index in [1.165, 1.54) is 0 Å². The number of carbonyl (C=O) groups is 4. The summed E-state index contributed by atoms with van der Waals surface area (Å²) in [6.07, 6.45) is -0.284. The number of aliphatic carboxylic acids is 1. The predicted molar refractivity (Wildman–Crippen MR) is 74.3 cm³/mol. The third-order valence-electron chi connectivity index (χ3n) is 2.21. The molecule has 0 bridgehead atoms. The highest BCUT2D eigenvalue weighted by Gasteiger charge is 2.21. The van der Waals surface area contributed by atoms with Gasteiger partial charge in [-0.2, -0.15) is 0 Å². The van der Waals surface area contributed by atoms with Crippen LogP contribution in [0.3, 0.4) is 0 Å². The summed E-state index contributed by atoms with van der Waals surface area (Å²) in [6.45, 7) is 5.07. The van der Waals surface area contributed by atoms with Gasteiger partial charge in [-0.3, -0.25) is 9.59 Å². The summed E-state index contributed by atoms with van der Waals surface area (Å²) in [5.74, 6) is -2.35. The quantitative estimate of drug-likeness (QED) is 0.405. The average Bonchev–Trinajstić information content (AvgIpc) is 2.29. The van der Waals surface area contributed by atoms with Gasteiger partial charge < -0.3 is 26.8 Å². The molecule has 0 aromatic heterocycles. The van der Waals surface area contributed by atoms with Crippen molar-refractivity contribution < 1.29 is 24.3 Å². The van der Waals surface area contributed by atoms with E-state index >= 15 is 0 Å². The number of carboxylic acids is 1. The van der Waals surface area contributed by atoms with Crippen molar-refractivity contribution in [2.75, 3.05) is 6.54 Å². The molecule has 0 aliphatic carbocycles. The Hall–Kier alpha value is -2.32. The fourth-order valence-electron chi connectivity index (χ4n) is 1.38. The van der Waals surface area contributed by atoms with E-state index in [9.17, 15) is 19.2 Å². The van der Waals surface area contributed by atoms with E-state index in [2.05, 4.69) is 16.0 Å². The molecule has 4 amide bonds. The van der Waals surface area contributed by atoms with E-state index < -0.39 is 35.4 Å². The number of amides is 4. The smallest absolute Gasteiger partial charge is 0.326 e. The standard InChI is InChI=1S/C12H22N4O5/c1-12(2,3)16-9(18)6-14-11(21)15-7(10(19)20)4-5-8(13)17/h7H,4-6H2,1-3H3,(H2,13,17)(H,16,18)(H,19,20)(H2,14,15,21)/t7-/m0/s1. The molecule has 0 aromatic carbocycles. The van der Waals surface area contributed by atoms with Crippen molar-refractivity contribution in [1.82, 2.24) is 16.0 Å². The van der Waals surface area contributed by atoms with Crippen LogP contribution in [-0.2, 0) is 14.4 Å². The minimum absolute atomic E-state index is 0.119. The first-order valence-electron chi connectivity index (χ1n) is 6.38. The van der Waals surface area contributed by atoms with E-state index in [1.807, 2.05) is 0 Å². The lowest BCUT2D eigenvalue weighted by Crippen LogP contribution is -2.50. The van der Waals surface area contributed by atoms with Crippen LogP contribution in [0.1, 0.15) is 33.6 Å². The molecule has 6 N–H and O–H groups in total. The molecule has 0 aromatic rings. The second-order valence-electron chi connectivity index (χ2n) is 5.52. The summed E-state index contributed by atoms with van der Waals surface area (Å²) in [7, 11) is 0. The Morgan fingerprint density at radius 3 is 2.19 bits per heavy atom. The Kier molecular flexibility index (Phi) is 7.18. The van der Waals surface area contributed by atoms with E-state index in [0.29, 0.717) is 0 Å². The van der Waals surface area contributed by atoms with Gasteiger partial charge in [-0.15, -0.1) is 0 Å². The molecule has 0 saturated carbocycles. The molecule has 0 fully saturated rings. The highest BCUT2D eigenvalue weighted by Crippen LogP contribution is 1.98. The third-order valence-corrected chi connectivity index (χ3v) is 2.21. The summed E-state index contributed by atoms with van der Waals surface area (Å²) in [6, 6.07) is -2.06. The molecule has 9 heteroatoms. The molecule has 0 rings (SSSR count). The predicted octanol–water partition coefficient (Wildman–Crippen LogP) is -1.08. The SMILES string of the molecule is CC(C)(C)NC(=O)CNC(=O)N[C@@H](CCC(N)=O)C(=O)O. The molecule has 0 heterocycles. The lowest BCUT2D eigenvalue weighted by molar-refractivity contribution is -0.139. The van der Waals surface area contributed by atoms with Crippen molar-refractivity contribution in [3.8, 4) is 0 Å². The van der Waals surface area contributed by atoms with Crippen molar-refractivity contribution in [3.63, 3.8) is 0 Å². The first-order chi connectivity index (χ1) is 9.51. The maximum absolute atomic E-state index is 11.5. The molecule has 0 aliphatic rings. The van der Waals surface area contributed by atoms with Crippen molar-refractivity contribution in [2.45, 2.75) is 45.2 Å². The maximum atomic E-state index is 11.5. The monoisotopic (exact) mass is 302 g/mol. The highest BCUT2D eigenvalue weighted by atomic mass is 16.4. The second kappa shape index (κ2) is 8.08. The van der Waals surface area contributed by atoms with Gasteiger partial charge in [0.1, 0.15) is 6.04 Å². The van der Waals surface area contributed by atoms with Gasteiger partial charge in [0, 0.05) is 12.0 Å². The summed E-state index contributed by atoms with van der Waals surface area (Å²) >= 11 is 0. The Morgan fingerprint density at radius 1 is 1.19 bits per heavy atom. The molecular formula is C12H22N4O5. The van der Waals surface area contributed by atoms with E-state index in [-0.39, 0.29) is 19.4 Å². The Morgan fingerprint density at radius 2 is 1.76 bits per heavy atom. The minimum atomic E-state index is -1.29. The third kappa shape index (κ3) is 10.2. The summed E-state index contributed by atoms with van der Waals surface area (Å²) in [5.41, 5.74) is 4.49. The van der Waals surface area contributed by atoms with Crippen LogP contribution in [0, 0.1) is 0 Å². The zero-order valence-corrected chi connectivity index (χ0v) is 12.4. The molecule has 0 radical (unpaired) electrons. The maximum Gasteiger partial charge on any atom is 0.326 e. The van der Waals surface area contributed by atoms with Gasteiger partial charge in [0.15, 0.2) is 0 Å². The molecule has 0 unspecified atom stereocenters. The topological polar surface area (TPSA) is 151 Å². The van der Waals surface area contributed by atoms with Crippen LogP contribution < -0.4 is 21.7 Å². The average molecular weight is 302 g/mol. The Bertz CT molecular complexity index is 416. The van der Waals surface area contributed by atoms with Crippen LogP contribution in [-0.4, -0.2) is 47.0 Å². The number of primary amides is 1. The fraction of sp³-hybridized carbons (Fsp3) is 0.667. The number of nitrogens with two attached hydrogens (primary N) is 1. The second-order valence-corrected chi connectivity index (χ2v) is 5.52. The largest absolute Gasteiger partial charge is 0.480 e. The van der Waals surface area contributed by atoms with Gasteiger partial charge in [0.05, 0.1) is 6.54 Å². The van der Waals surface area contributed by atoms with Crippen molar-refractivity contribution in [1.29, 1.82) is 0 Å². The van der Waals surface area contributed by atoms with Crippen LogP contribution in [0.15, 0.2) is 0 Å². The number of hydrogen-bond acceptors (Lipinski definition) is 4. The van der Waals surface area contributed by atoms with Crippen LogP contribution >= 0.6 is 0 Å².